The van der Waals surface area contributed by atoms with Gasteiger partial charge in [0.05, 0.1) is 12.4 Å². The van der Waals surface area contributed by atoms with Crippen molar-refractivity contribution in [3.8, 4) is 0 Å². The molecule has 0 radical (unpaired) electrons. The molecule has 1 N–H and O–H groups in total. The molecule has 80 valence electrons. The molecule has 0 aliphatic carbocycles. The van der Waals surface area contributed by atoms with E-state index in [0.717, 1.165) is 0 Å². The smallest absolute Gasteiger partial charge is 0.268 e. The first-order chi connectivity index (χ1) is 5.77. The van der Waals surface area contributed by atoms with E-state index < -0.39 is 32.6 Å². The summed E-state index contributed by atoms with van der Waals surface area (Å²) in [7, 11) is -7.84. The van der Waals surface area contributed by atoms with Gasteiger partial charge in [0.2, 0.25) is 0 Å². The molecule has 0 saturated heterocycles. The van der Waals surface area contributed by atoms with Gasteiger partial charge in [-0.25, -0.2) is 0 Å². The minimum Gasteiger partial charge on any atom is -0.285 e. The van der Waals surface area contributed by atoms with Crippen molar-refractivity contribution in [3.05, 3.63) is 0 Å². The van der Waals surface area contributed by atoms with Gasteiger partial charge in [-0.1, -0.05) is 15.9 Å². The SMILES string of the molecule is O=S(=O)(O)CCOS(=O)(=O)CCBr. The summed E-state index contributed by atoms with van der Waals surface area (Å²) in [4.78, 5) is 0. The molecule has 0 aromatic heterocycles. The van der Waals surface area contributed by atoms with Crippen LogP contribution in [0, 0.1) is 0 Å². The van der Waals surface area contributed by atoms with E-state index in [1.54, 1.807) is 0 Å². The zero-order valence-electron chi connectivity index (χ0n) is 6.51. The largest absolute Gasteiger partial charge is 0.285 e. The maximum atomic E-state index is 10.8. The van der Waals surface area contributed by atoms with Crippen LogP contribution in [0.4, 0.5) is 0 Å². The Hall–Kier alpha value is 0.300. The first-order valence-corrected chi connectivity index (χ1v) is 7.46. The third-order valence-corrected chi connectivity index (χ3v) is 3.77. The first-order valence-electron chi connectivity index (χ1n) is 3.15. The quantitative estimate of drug-likeness (QED) is 0.407. The van der Waals surface area contributed by atoms with Crippen LogP contribution < -0.4 is 0 Å². The molecule has 0 rings (SSSR count). The van der Waals surface area contributed by atoms with Crippen molar-refractivity contribution in [3.63, 3.8) is 0 Å². The Kier molecular flexibility index (Phi) is 5.37. The second kappa shape index (κ2) is 5.25. The topological polar surface area (TPSA) is 97.7 Å². The van der Waals surface area contributed by atoms with E-state index in [2.05, 4.69) is 20.1 Å². The molecule has 0 spiro atoms. The summed E-state index contributed by atoms with van der Waals surface area (Å²) in [6, 6.07) is 0. The molecule has 0 heterocycles. The summed E-state index contributed by atoms with van der Waals surface area (Å²) in [6.45, 7) is -0.561. The van der Waals surface area contributed by atoms with Crippen LogP contribution in [0.2, 0.25) is 0 Å². The summed E-state index contributed by atoms with van der Waals surface area (Å²) >= 11 is 2.89. The van der Waals surface area contributed by atoms with Gasteiger partial charge in [0.1, 0.15) is 5.75 Å². The highest BCUT2D eigenvalue weighted by Crippen LogP contribution is 1.96. The molecule has 0 aliphatic rings. The van der Waals surface area contributed by atoms with Gasteiger partial charge in [-0.15, -0.1) is 0 Å². The van der Waals surface area contributed by atoms with Gasteiger partial charge < -0.3 is 0 Å². The maximum absolute atomic E-state index is 10.8. The average molecular weight is 297 g/mol. The fourth-order valence-corrected chi connectivity index (χ4v) is 2.65. The number of hydrogen-bond acceptors (Lipinski definition) is 5. The molecule has 13 heavy (non-hydrogen) atoms. The number of halogens is 1. The van der Waals surface area contributed by atoms with Gasteiger partial charge in [-0.3, -0.25) is 8.74 Å². The van der Waals surface area contributed by atoms with Crippen LogP contribution in [0.15, 0.2) is 0 Å². The predicted octanol–water partition coefficient (Wildman–Crippen LogP) is -0.384. The zero-order chi connectivity index (χ0) is 10.5. The highest BCUT2D eigenvalue weighted by molar-refractivity contribution is 9.09. The standard InChI is InChI=1S/C4H9BrO6S2/c5-1-3-13(9,10)11-2-4-12(6,7)8/h1-4H2,(H,6,7,8). The van der Waals surface area contributed by atoms with E-state index in [0.29, 0.717) is 0 Å². The summed E-state index contributed by atoms with van der Waals surface area (Å²) in [5, 5.41) is 0.210. The Labute approximate surface area is 85.3 Å². The zero-order valence-corrected chi connectivity index (χ0v) is 9.73. The monoisotopic (exact) mass is 296 g/mol. The van der Waals surface area contributed by atoms with E-state index in [9.17, 15) is 16.8 Å². The van der Waals surface area contributed by atoms with E-state index in [1.807, 2.05) is 0 Å². The highest BCUT2D eigenvalue weighted by atomic mass is 79.9. The van der Waals surface area contributed by atoms with E-state index in [-0.39, 0.29) is 11.1 Å². The summed E-state index contributed by atoms with van der Waals surface area (Å²) in [6.07, 6.45) is 0. The van der Waals surface area contributed by atoms with Crippen LogP contribution in [0.25, 0.3) is 0 Å². The summed E-state index contributed by atoms with van der Waals surface area (Å²) in [5.74, 6) is -0.965. The number of alkyl halides is 1. The average Bonchev–Trinajstić information content (AvgIpc) is 1.82. The Morgan fingerprint density at radius 2 is 1.69 bits per heavy atom. The van der Waals surface area contributed by atoms with Crippen molar-refractivity contribution in [1.29, 1.82) is 0 Å². The highest BCUT2D eigenvalue weighted by Gasteiger charge is 2.12. The third kappa shape index (κ3) is 8.63. The second-order valence-electron chi connectivity index (χ2n) is 2.06. The minimum atomic E-state index is -4.16. The molecule has 0 bridgehead atoms. The van der Waals surface area contributed by atoms with E-state index in [4.69, 9.17) is 4.55 Å². The molecule has 0 aromatic carbocycles. The molecule has 9 heteroatoms. The van der Waals surface area contributed by atoms with Crippen LogP contribution in [-0.2, 0) is 24.4 Å². The molecule has 0 saturated carbocycles. The van der Waals surface area contributed by atoms with Crippen molar-refractivity contribution in [2.24, 2.45) is 0 Å². The maximum Gasteiger partial charge on any atom is 0.268 e. The van der Waals surface area contributed by atoms with Gasteiger partial charge in [-0.05, 0) is 0 Å². The molecule has 0 amide bonds. The van der Waals surface area contributed by atoms with Crippen LogP contribution in [0.5, 0.6) is 0 Å². The second-order valence-corrected chi connectivity index (χ2v) is 6.18. The molecule has 0 atom stereocenters. The normalized spacial score (nSPS) is 13.1. The van der Waals surface area contributed by atoms with Crippen LogP contribution in [0.1, 0.15) is 0 Å². The van der Waals surface area contributed by atoms with E-state index in [1.165, 1.54) is 0 Å². The molecule has 0 unspecified atom stereocenters. The van der Waals surface area contributed by atoms with Gasteiger partial charge in [0, 0.05) is 5.33 Å². The third-order valence-electron chi connectivity index (χ3n) is 0.931. The lowest BCUT2D eigenvalue weighted by Crippen LogP contribution is -2.17. The predicted molar refractivity (Wildman–Crippen MR) is 49.9 cm³/mol. The van der Waals surface area contributed by atoms with Crippen molar-refractivity contribution < 1.29 is 25.6 Å². The van der Waals surface area contributed by atoms with Gasteiger partial charge in [-0.2, -0.15) is 16.8 Å². The minimum absolute atomic E-state index is 0.210. The fourth-order valence-electron chi connectivity index (χ4n) is 0.420. The van der Waals surface area contributed by atoms with E-state index >= 15 is 0 Å². The Bertz CT molecular complexity index is 330. The summed E-state index contributed by atoms with van der Waals surface area (Å²) < 4.78 is 54.3. The molecule has 0 aromatic rings. The van der Waals surface area contributed by atoms with Crippen molar-refractivity contribution >= 4 is 36.2 Å². The molecular formula is C4H9BrO6S2. The van der Waals surface area contributed by atoms with Crippen LogP contribution in [-0.4, -0.2) is 44.8 Å². The first kappa shape index (κ1) is 13.3. The molecule has 0 fully saturated rings. The fraction of sp³-hybridized carbons (Fsp3) is 1.00. The Morgan fingerprint density at radius 3 is 2.08 bits per heavy atom. The summed E-state index contributed by atoms with van der Waals surface area (Å²) in [5.41, 5.74) is 0. The molecule has 0 aliphatic heterocycles. The van der Waals surface area contributed by atoms with Gasteiger partial charge in [0.15, 0.2) is 0 Å². The lowest BCUT2D eigenvalue weighted by atomic mass is 10.9. The Balaban J connectivity index is 3.91. The van der Waals surface area contributed by atoms with Crippen molar-refractivity contribution in [2.75, 3.05) is 23.4 Å². The van der Waals surface area contributed by atoms with Crippen LogP contribution >= 0.6 is 15.9 Å². The van der Waals surface area contributed by atoms with Gasteiger partial charge >= 0.3 is 0 Å². The molecular weight excluding hydrogens is 288 g/mol. The number of rotatable bonds is 6. The van der Waals surface area contributed by atoms with Crippen molar-refractivity contribution in [1.82, 2.24) is 0 Å². The van der Waals surface area contributed by atoms with Crippen LogP contribution in [0.3, 0.4) is 0 Å². The van der Waals surface area contributed by atoms with Gasteiger partial charge in [0.25, 0.3) is 20.2 Å². The lowest BCUT2D eigenvalue weighted by molar-refractivity contribution is 0.336. The Morgan fingerprint density at radius 1 is 1.15 bits per heavy atom. The lowest BCUT2D eigenvalue weighted by Gasteiger charge is -2.01. The number of hydrogen-bond donors (Lipinski definition) is 1. The molecule has 6 nitrogen and oxygen atoms in total. The van der Waals surface area contributed by atoms with Crippen molar-refractivity contribution in [2.45, 2.75) is 0 Å².